The first kappa shape index (κ1) is 11.6. The van der Waals surface area contributed by atoms with E-state index in [0.29, 0.717) is 0 Å². The quantitative estimate of drug-likeness (QED) is 0.855. The lowest BCUT2D eigenvalue weighted by molar-refractivity contribution is 0.911. The minimum absolute atomic E-state index is 0.787. The van der Waals surface area contributed by atoms with Gasteiger partial charge >= 0.3 is 0 Å². The summed E-state index contributed by atoms with van der Waals surface area (Å²) in [5.41, 5.74) is 10.6. The predicted octanol–water partition coefficient (Wildman–Crippen LogP) is 3.44. The highest BCUT2D eigenvalue weighted by Gasteiger charge is 2.10. The highest BCUT2D eigenvalue weighted by atomic mass is 32.2. The molecule has 3 rings (SSSR count). The number of nitrogens with two attached hydrogens (primary N) is 1. The van der Waals surface area contributed by atoms with Crippen LogP contribution in [0.2, 0.25) is 0 Å². The molecular formula is C15H16N2S. The van der Waals surface area contributed by atoms with Gasteiger partial charge in [0.2, 0.25) is 0 Å². The Kier molecular flexibility index (Phi) is 3.24. The van der Waals surface area contributed by atoms with Crippen LogP contribution in [0.3, 0.4) is 0 Å². The fourth-order valence-corrected chi connectivity index (χ4v) is 3.23. The Morgan fingerprint density at radius 1 is 1.11 bits per heavy atom. The molecule has 3 heteroatoms. The largest absolute Gasteiger partial charge is 0.399 e. The molecule has 1 heterocycles. The summed E-state index contributed by atoms with van der Waals surface area (Å²) in [6, 6.07) is 10.6. The van der Waals surface area contributed by atoms with E-state index >= 15 is 0 Å². The van der Waals surface area contributed by atoms with Gasteiger partial charge in [-0.05, 0) is 54.7 Å². The van der Waals surface area contributed by atoms with Gasteiger partial charge in [-0.1, -0.05) is 6.07 Å². The minimum atomic E-state index is 0.787. The van der Waals surface area contributed by atoms with Crippen molar-refractivity contribution in [3.05, 3.63) is 53.3 Å². The number of aryl methyl sites for hydroxylation is 2. The maximum Gasteiger partial charge on any atom is 0.0526 e. The van der Waals surface area contributed by atoms with Gasteiger partial charge in [-0.25, -0.2) is 0 Å². The van der Waals surface area contributed by atoms with Crippen LogP contribution in [0.15, 0.2) is 41.4 Å². The van der Waals surface area contributed by atoms with Crippen molar-refractivity contribution in [2.24, 2.45) is 0 Å². The van der Waals surface area contributed by atoms with Crippen LogP contribution in [0.1, 0.15) is 23.2 Å². The highest BCUT2D eigenvalue weighted by Crippen LogP contribution is 2.29. The number of nitrogen functional groups attached to an aromatic ring is 1. The average molecular weight is 256 g/mol. The van der Waals surface area contributed by atoms with E-state index in [0.717, 1.165) is 17.1 Å². The molecule has 0 bridgehead atoms. The highest BCUT2D eigenvalue weighted by molar-refractivity contribution is 7.98. The van der Waals surface area contributed by atoms with Gasteiger partial charge in [-0.2, -0.15) is 0 Å². The van der Waals surface area contributed by atoms with Gasteiger partial charge < -0.3 is 5.73 Å². The third kappa shape index (κ3) is 2.51. The van der Waals surface area contributed by atoms with E-state index in [4.69, 9.17) is 5.73 Å². The summed E-state index contributed by atoms with van der Waals surface area (Å²) < 4.78 is 0. The van der Waals surface area contributed by atoms with Crippen molar-refractivity contribution in [2.75, 3.05) is 5.73 Å². The molecule has 2 nitrogen and oxygen atoms in total. The van der Waals surface area contributed by atoms with Crippen LogP contribution in [0, 0.1) is 0 Å². The lowest BCUT2D eigenvalue weighted by Crippen LogP contribution is -1.91. The van der Waals surface area contributed by atoms with Gasteiger partial charge in [0.25, 0.3) is 0 Å². The number of pyridine rings is 1. The molecule has 18 heavy (non-hydrogen) atoms. The van der Waals surface area contributed by atoms with Crippen LogP contribution in [-0.2, 0) is 18.6 Å². The van der Waals surface area contributed by atoms with Gasteiger partial charge in [0.05, 0.1) is 5.69 Å². The molecule has 0 radical (unpaired) electrons. The zero-order valence-electron chi connectivity index (χ0n) is 10.2. The number of hydrogen-bond donors (Lipinski definition) is 1. The second kappa shape index (κ2) is 5.02. The van der Waals surface area contributed by atoms with E-state index in [2.05, 4.69) is 23.2 Å². The summed E-state index contributed by atoms with van der Waals surface area (Å²) in [5.74, 6) is 0.879. The van der Waals surface area contributed by atoms with E-state index in [9.17, 15) is 0 Å². The number of benzene rings is 1. The number of rotatable bonds is 3. The first-order valence-electron chi connectivity index (χ1n) is 6.26. The molecule has 2 aromatic rings. The van der Waals surface area contributed by atoms with Crippen molar-refractivity contribution in [2.45, 2.75) is 29.9 Å². The maximum atomic E-state index is 5.75. The molecule has 0 amide bonds. The Balaban J connectivity index is 1.70. The second-order valence-electron chi connectivity index (χ2n) is 4.65. The monoisotopic (exact) mass is 256 g/mol. The molecule has 0 saturated heterocycles. The van der Waals surface area contributed by atoms with Crippen molar-refractivity contribution in [3.63, 3.8) is 0 Å². The fourth-order valence-electron chi connectivity index (χ4n) is 2.37. The number of hydrogen-bond acceptors (Lipinski definition) is 3. The predicted molar refractivity (Wildman–Crippen MR) is 76.7 cm³/mol. The zero-order chi connectivity index (χ0) is 12.4. The van der Waals surface area contributed by atoms with Crippen molar-refractivity contribution in [3.8, 4) is 0 Å². The Bertz CT molecular complexity index is 566. The molecule has 0 unspecified atom stereocenters. The third-order valence-electron chi connectivity index (χ3n) is 3.30. The summed E-state index contributed by atoms with van der Waals surface area (Å²) in [5, 5.41) is 0. The molecule has 0 aliphatic heterocycles. The molecule has 92 valence electrons. The van der Waals surface area contributed by atoms with Crippen LogP contribution >= 0.6 is 11.8 Å². The number of nitrogens with zero attached hydrogens (tertiary/aromatic N) is 1. The minimum Gasteiger partial charge on any atom is -0.399 e. The first-order chi connectivity index (χ1) is 8.81. The molecular weight excluding hydrogens is 240 g/mol. The van der Waals surface area contributed by atoms with Crippen LogP contribution in [0.4, 0.5) is 5.69 Å². The second-order valence-corrected chi connectivity index (χ2v) is 5.70. The van der Waals surface area contributed by atoms with Crippen LogP contribution < -0.4 is 5.73 Å². The van der Waals surface area contributed by atoms with E-state index in [1.54, 1.807) is 6.20 Å². The lowest BCUT2D eigenvalue weighted by Gasteiger charge is -2.05. The summed E-state index contributed by atoms with van der Waals surface area (Å²) in [6.45, 7) is 0. The molecule has 2 N–H and O–H groups in total. The number of fused-ring (bicyclic) bond motifs is 1. The zero-order valence-corrected chi connectivity index (χ0v) is 11.0. The van der Waals surface area contributed by atoms with E-state index in [1.807, 2.05) is 23.9 Å². The SMILES string of the molecule is Nc1ccnc(CSc2ccc3c(c2)CCC3)c1. The van der Waals surface area contributed by atoms with Gasteiger partial charge in [0.15, 0.2) is 0 Å². The fraction of sp³-hybridized carbons (Fsp3) is 0.267. The van der Waals surface area contributed by atoms with Gasteiger partial charge in [0.1, 0.15) is 0 Å². The third-order valence-corrected chi connectivity index (χ3v) is 4.32. The molecule has 0 atom stereocenters. The molecule has 1 aromatic heterocycles. The Morgan fingerprint density at radius 3 is 2.89 bits per heavy atom. The molecule has 1 aromatic carbocycles. The standard InChI is InChI=1S/C15H16N2S/c16-13-6-7-17-14(9-13)10-18-15-5-4-11-2-1-3-12(11)8-15/h4-9H,1-3,10H2,(H2,16,17). The lowest BCUT2D eigenvalue weighted by atomic mass is 10.1. The normalized spacial score (nSPS) is 13.6. The van der Waals surface area contributed by atoms with E-state index < -0.39 is 0 Å². The summed E-state index contributed by atoms with van der Waals surface area (Å²) in [6.07, 6.45) is 5.56. The van der Waals surface area contributed by atoms with Crippen molar-refractivity contribution in [1.82, 2.24) is 4.98 Å². The van der Waals surface area contributed by atoms with Crippen molar-refractivity contribution < 1.29 is 0 Å². The summed E-state index contributed by atoms with van der Waals surface area (Å²) >= 11 is 1.83. The van der Waals surface area contributed by atoms with Gasteiger partial charge in [-0.3, -0.25) is 4.98 Å². The number of thioether (sulfide) groups is 1. The van der Waals surface area contributed by atoms with Gasteiger partial charge in [-0.15, -0.1) is 11.8 Å². The van der Waals surface area contributed by atoms with Crippen molar-refractivity contribution >= 4 is 17.4 Å². The molecule has 0 spiro atoms. The molecule has 1 aliphatic rings. The smallest absolute Gasteiger partial charge is 0.0526 e. The Labute approximate surface area is 112 Å². The van der Waals surface area contributed by atoms with Gasteiger partial charge in [0, 0.05) is 22.5 Å². The number of anilines is 1. The maximum absolute atomic E-state index is 5.75. The van der Waals surface area contributed by atoms with E-state index in [-0.39, 0.29) is 0 Å². The summed E-state index contributed by atoms with van der Waals surface area (Å²) in [7, 11) is 0. The average Bonchev–Trinajstić information content (AvgIpc) is 2.84. The van der Waals surface area contributed by atoms with Crippen LogP contribution in [-0.4, -0.2) is 4.98 Å². The number of aromatic nitrogens is 1. The van der Waals surface area contributed by atoms with Crippen molar-refractivity contribution in [1.29, 1.82) is 0 Å². The summed E-state index contributed by atoms with van der Waals surface area (Å²) in [4.78, 5) is 5.66. The molecule has 1 aliphatic carbocycles. The molecule has 0 fully saturated rings. The van der Waals surface area contributed by atoms with Crippen LogP contribution in [0.5, 0.6) is 0 Å². The Morgan fingerprint density at radius 2 is 2.00 bits per heavy atom. The molecule has 0 saturated carbocycles. The van der Waals surface area contributed by atoms with Crippen LogP contribution in [0.25, 0.3) is 0 Å². The Hall–Kier alpha value is -1.48. The van der Waals surface area contributed by atoms with E-state index in [1.165, 1.54) is 35.3 Å². The topological polar surface area (TPSA) is 38.9 Å². The first-order valence-corrected chi connectivity index (χ1v) is 7.25.